The fourth-order valence-corrected chi connectivity index (χ4v) is 3.38. The topological polar surface area (TPSA) is 35.6 Å². The van der Waals surface area contributed by atoms with E-state index in [9.17, 15) is 4.79 Å². The Kier molecular flexibility index (Phi) is 6.82. The highest BCUT2D eigenvalue weighted by Crippen LogP contribution is 2.23. The van der Waals surface area contributed by atoms with Gasteiger partial charge in [0, 0.05) is 24.5 Å². The molecule has 130 valence electrons. The third-order valence-electron chi connectivity index (χ3n) is 4.39. The summed E-state index contributed by atoms with van der Waals surface area (Å²) in [6.07, 6.45) is 0.915. The zero-order valence-corrected chi connectivity index (χ0v) is 15.7. The van der Waals surface area contributed by atoms with E-state index in [1.807, 2.05) is 24.6 Å². The molecule has 0 bridgehead atoms. The van der Waals surface area contributed by atoms with Crippen molar-refractivity contribution in [1.82, 2.24) is 15.1 Å². The van der Waals surface area contributed by atoms with Gasteiger partial charge in [0.05, 0.1) is 6.04 Å². The largest absolute Gasteiger partial charge is 0.336 e. The van der Waals surface area contributed by atoms with Crippen molar-refractivity contribution >= 4 is 17.4 Å². The molecule has 0 radical (unpaired) electrons. The van der Waals surface area contributed by atoms with Crippen molar-refractivity contribution in [1.29, 1.82) is 0 Å². The van der Waals surface area contributed by atoms with Crippen LogP contribution in [0.5, 0.6) is 0 Å². The van der Waals surface area contributed by atoms with Crippen LogP contribution in [0.4, 0.5) is 4.79 Å². The number of carbonyl (C=O) groups is 1. The fourth-order valence-electron chi connectivity index (χ4n) is 2.55. The Hall–Kier alpha value is -1.85. The van der Waals surface area contributed by atoms with Crippen LogP contribution >= 0.6 is 11.3 Å². The van der Waals surface area contributed by atoms with Gasteiger partial charge in [0.15, 0.2) is 0 Å². The molecule has 2 rings (SSSR count). The molecule has 0 aliphatic rings. The van der Waals surface area contributed by atoms with E-state index in [-0.39, 0.29) is 18.1 Å². The normalized spacial score (nSPS) is 13.5. The molecule has 0 fully saturated rings. The Morgan fingerprint density at radius 3 is 2.42 bits per heavy atom. The molecule has 2 unspecified atom stereocenters. The Morgan fingerprint density at radius 2 is 1.83 bits per heavy atom. The van der Waals surface area contributed by atoms with Crippen LogP contribution in [0.25, 0.3) is 0 Å². The third-order valence-corrected chi connectivity index (χ3v) is 5.43. The average Bonchev–Trinajstić information content (AvgIpc) is 3.12. The molecule has 0 spiro atoms. The molecular formula is C19H27N3OS. The summed E-state index contributed by atoms with van der Waals surface area (Å²) >= 11 is 1.68. The SMILES string of the molecule is CC(c1cccs1)N(C)C(=O)NCC(Cc1ccccc1)N(C)C. The highest BCUT2D eigenvalue weighted by Gasteiger charge is 2.20. The smallest absolute Gasteiger partial charge is 0.317 e. The van der Waals surface area contributed by atoms with E-state index in [4.69, 9.17) is 0 Å². The summed E-state index contributed by atoms with van der Waals surface area (Å²) < 4.78 is 0. The molecule has 0 aliphatic heterocycles. The number of carbonyl (C=O) groups excluding carboxylic acids is 1. The second-order valence-corrected chi connectivity index (χ2v) is 7.27. The van der Waals surface area contributed by atoms with E-state index in [1.165, 1.54) is 10.4 Å². The summed E-state index contributed by atoms with van der Waals surface area (Å²) in [4.78, 5) is 17.6. The van der Waals surface area contributed by atoms with Gasteiger partial charge >= 0.3 is 6.03 Å². The van der Waals surface area contributed by atoms with Gasteiger partial charge in [0.25, 0.3) is 0 Å². The lowest BCUT2D eigenvalue weighted by Gasteiger charge is -2.28. The van der Waals surface area contributed by atoms with E-state index in [0.29, 0.717) is 6.54 Å². The molecule has 2 atom stereocenters. The number of nitrogens with one attached hydrogen (secondary N) is 1. The number of thiophene rings is 1. The van der Waals surface area contributed by atoms with Crippen molar-refractivity contribution in [2.45, 2.75) is 25.4 Å². The lowest BCUT2D eigenvalue weighted by Crippen LogP contribution is -2.46. The Morgan fingerprint density at radius 1 is 1.12 bits per heavy atom. The van der Waals surface area contributed by atoms with Crippen LogP contribution in [0.3, 0.4) is 0 Å². The highest BCUT2D eigenvalue weighted by molar-refractivity contribution is 7.10. The van der Waals surface area contributed by atoms with Crippen LogP contribution in [0.15, 0.2) is 47.8 Å². The summed E-state index contributed by atoms with van der Waals surface area (Å²) in [5.41, 5.74) is 1.28. The number of hydrogen-bond donors (Lipinski definition) is 1. The average molecular weight is 346 g/mol. The molecule has 1 aromatic heterocycles. The number of benzene rings is 1. The molecular weight excluding hydrogens is 318 g/mol. The Bertz CT molecular complexity index is 613. The number of rotatable bonds is 7. The van der Waals surface area contributed by atoms with Gasteiger partial charge in [0.2, 0.25) is 0 Å². The predicted molar refractivity (Wildman–Crippen MR) is 102 cm³/mol. The first-order chi connectivity index (χ1) is 11.5. The Labute approximate surface area is 149 Å². The van der Waals surface area contributed by atoms with Crippen LogP contribution in [0.2, 0.25) is 0 Å². The lowest BCUT2D eigenvalue weighted by molar-refractivity contribution is 0.189. The third kappa shape index (κ3) is 5.08. The quantitative estimate of drug-likeness (QED) is 0.832. The van der Waals surface area contributed by atoms with Gasteiger partial charge in [-0.15, -0.1) is 11.3 Å². The Balaban J connectivity index is 1.90. The summed E-state index contributed by atoms with van der Waals surface area (Å²) in [5, 5.41) is 5.12. The van der Waals surface area contributed by atoms with E-state index in [1.54, 1.807) is 16.2 Å². The van der Waals surface area contributed by atoms with Crippen molar-refractivity contribution in [2.24, 2.45) is 0 Å². The molecule has 1 aromatic carbocycles. The van der Waals surface area contributed by atoms with Crippen LogP contribution in [0.1, 0.15) is 23.4 Å². The predicted octanol–water partition coefficient (Wildman–Crippen LogP) is 3.62. The van der Waals surface area contributed by atoms with Gasteiger partial charge in [0.1, 0.15) is 0 Å². The first-order valence-corrected chi connectivity index (χ1v) is 9.11. The minimum absolute atomic E-state index is 0.0317. The van der Waals surface area contributed by atoms with Gasteiger partial charge in [-0.3, -0.25) is 0 Å². The first-order valence-electron chi connectivity index (χ1n) is 8.23. The van der Waals surface area contributed by atoms with Crippen LogP contribution in [-0.4, -0.2) is 49.6 Å². The maximum atomic E-state index is 12.5. The molecule has 4 nitrogen and oxygen atoms in total. The van der Waals surface area contributed by atoms with Gasteiger partial charge in [-0.25, -0.2) is 4.79 Å². The van der Waals surface area contributed by atoms with Crippen molar-refractivity contribution in [2.75, 3.05) is 27.7 Å². The standard InChI is InChI=1S/C19H27N3OS/c1-15(18-11-8-12-24-18)22(4)19(23)20-14-17(21(2)3)13-16-9-6-5-7-10-16/h5-12,15,17H,13-14H2,1-4H3,(H,20,23). The fraction of sp³-hybridized carbons (Fsp3) is 0.421. The summed E-state index contributed by atoms with van der Waals surface area (Å²) in [6.45, 7) is 2.68. The first kappa shape index (κ1) is 18.5. The van der Waals surface area contributed by atoms with Gasteiger partial charge in [-0.05, 0) is 44.4 Å². The molecule has 0 saturated heterocycles. The monoisotopic (exact) mass is 345 g/mol. The maximum Gasteiger partial charge on any atom is 0.317 e. The summed E-state index contributed by atoms with van der Waals surface area (Å²) in [5.74, 6) is 0. The minimum atomic E-state index is -0.0317. The van der Waals surface area contributed by atoms with Crippen molar-refractivity contribution < 1.29 is 4.79 Å². The van der Waals surface area contributed by atoms with E-state index in [0.717, 1.165) is 6.42 Å². The van der Waals surface area contributed by atoms with Crippen LogP contribution < -0.4 is 5.32 Å². The molecule has 1 heterocycles. The van der Waals surface area contributed by atoms with E-state index >= 15 is 0 Å². The van der Waals surface area contributed by atoms with Crippen molar-refractivity contribution in [3.05, 3.63) is 58.3 Å². The minimum Gasteiger partial charge on any atom is -0.336 e. The molecule has 2 aromatic rings. The molecule has 1 N–H and O–H groups in total. The number of hydrogen-bond acceptors (Lipinski definition) is 3. The van der Waals surface area contributed by atoms with Gasteiger partial charge in [-0.2, -0.15) is 0 Å². The second kappa shape index (κ2) is 8.85. The maximum absolute atomic E-state index is 12.5. The van der Waals surface area contributed by atoms with Crippen LogP contribution in [-0.2, 0) is 6.42 Å². The van der Waals surface area contributed by atoms with Crippen molar-refractivity contribution in [3.63, 3.8) is 0 Å². The summed E-state index contributed by atoms with van der Waals surface area (Å²) in [6, 6.07) is 14.8. The highest BCUT2D eigenvalue weighted by atomic mass is 32.1. The molecule has 5 heteroatoms. The molecule has 24 heavy (non-hydrogen) atoms. The summed E-state index contributed by atoms with van der Waals surface area (Å²) in [7, 11) is 5.96. The number of nitrogens with zero attached hydrogens (tertiary/aromatic N) is 2. The number of amides is 2. The van der Waals surface area contributed by atoms with Gasteiger partial charge < -0.3 is 15.1 Å². The van der Waals surface area contributed by atoms with Gasteiger partial charge in [-0.1, -0.05) is 36.4 Å². The number of likely N-dealkylation sites (N-methyl/N-ethyl adjacent to an activating group) is 1. The van der Waals surface area contributed by atoms with E-state index in [2.05, 4.69) is 61.6 Å². The molecule has 0 aliphatic carbocycles. The van der Waals surface area contributed by atoms with Crippen LogP contribution in [0, 0.1) is 0 Å². The van der Waals surface area contributed by atoms with E-state index < -0.39 is 0 Å². The second-order valence-electron chi connectivity index (χ2n) is 6.30. The van der Waals surface area contributed by atoms with Crippen molar-refractivity contribution in [3.8, 4) is 0 Å². The molecule has 0 saturated carbocycles. The zero-order chi connectivity index (χ0) is 17.5. The lowest BCUT2D eigenvalue weighted by atomic mass is 10.1. The zero-order valence-electron chi connectivity index (χ0n) is 14.9. The molecule has 2 amide bonds. The number of urea groups is 1.